The molecule has 3 nitrogen and oxygen atoms in total. The van der Waals surface area contributed by atoms with Gasteiger partial charge in [-0.25, -0.2) is 0 Å². The second-order valence-corrected chi connectivity index (χ2v) is 10.0. The Morgan fingerprint density at radius 3 is 2.53 bits per heavy atom. The van der Waals surface area contributed by atoms with E-state index in [-0.39, 0.29) is 11.9 Å². The number of carbonyl (C=O) groups excluding carboxylic acids is 1. The number of ether oxygens (including phenoxy) is 1. The summed E-state index contributed by atoms with van der Waals surface area (Å²) >= 11 is 6.95. The van der Waals surface area contributed by atoms with Crippen molar-refractivity contribution in [3.63, 3.8) is 0 Å². The molecule has 0 atom stereocenters. The van der Waals surface area contributed by atoms with E-state index in [0.29, 0.717) is 15.8 Å². The Bertz CT molecular complexity index is 1170. The van der Waals surface area contributed by atoms with Crippen molar-refractivity contribution in [2.45, 2.75) is 44.8 Å². The van der Waals surface area contributed by atoms with Gasteiger partial charge >= 0.3 is 0 Å². The van der Waals surface area contributed by atoms with E-state index in [1.54, 1.807) is 0 Å². The summed E-state index contributed by atoms with van der Waals surface area (Å²) in [7, 11) is 0. The van der Waals surface area contributed by atoms with Gasteiger partial charge in [-0.05, 0) is 52.9 Å². The fourth-order valence-corrected chi connectivity index (χ4v) is 5.93. The largest absolute Gasteiger partial charge is 0.489 e. The number of fused-ring (bicyclic) bond motifs is 1. The second kappa shape index (κ2) is 9.47. The van der Waals surface area contributed by atoms with Gasteiger partial charge in [-0.15, -0.1) is 0 Å². The van der Waals surface area contributed by atoms with Crippen molar-refractivity contribution >= 4 is 51.1 Å². The molecule has 1 saturated carbocycles. The Kier molecular flexibility index (Phi) is 6.28. The number of hydrogen-bond acceptors (Lipinski definition) is 4. The number of rotatable bonds is 5. The van der Waals surface area contributed by atoms with Crippen LogP contribution in [0.2, 0.25) is 0 Å². The summed E-state index contributed by atoms with van der Waals surface area (Å²) in [5, 5.41) is 2.43. The minimum atomic E-state index is 0.0585. The van der Waals surface area contributed by atoms with E-state index < -0.39 is 0 Å². The maximum atomic E-state index is 13.0. The average Bonchev–Trinajstić information content (AvgIpc) is 3.11. The normalized spacial score (nSPS) is 18.6. The van der Waals surface area contributed by atoms with E-state index in [4.69, 9.17) is 17.0 Å². The van der Waals surface area contributed by atoms with Crippen molar-refractivity contribution < 1.29 is 9.53 Å². The Balaban J connectivity index is 1.26. The fraction of sp³-hybridized carbons (Fsp3) is 0.259. The van der Waals surface area contributed by atoms with Gasteiger partial charge in [0.15, 0.2) is 0 Å². The molecular weight excluding hydrogens is 434 g/mol. The third-order valence-electron chi connectivity index (χ3n) is 6.22. The highest BCUT2D eigenvalue weighted by molar-refractivity contribution is 8.26. The van der Waals surface area contributed by atoms with Gasteiger partial charge < -0.3 is 4.74 Å². The molecule has 3 aromatic rings. The van der Waals surface area contributed by atoms with Gasteiger partial charge in [-0.2, -0.15) is 0 Å². The number of benzene rings is 3. The lowest BCUT2D eigenvalue weighted by Gasteiger charge is -2.29. The van der Waals surface area contributed by atoms with E-state index in [1.807, 2.05) is 35.2 Å². The zero-order chi connectivity index (χ0) is 21.9. The van der Waals surface area contributed by atoms with Gasteiger partial charge in [0.25, 0.3) is 5.91 Å². The van der Waals surface area contributed by atoms with Crippen LogP contribution in [0.5, 0.6) is 5.75 Å². The van der Waals surface area contributed by atoms with Gasteiger partial charge in [0.05, 0.1) is 4.91 Å². The third-order valence-corrected chi connectivity index (χ3v) is 7.55. The molecule has 5 heteroatoms. The van der Waals surface area contributed by atoms with Crippen molar-refractivity contribution in [2.24, 2.45) is 0 Å². The minimum absolute atomic E-state index is 0.0585. The van der Waals surface area contributed by atoms with Crippen LogP contribution in [0.15, 0.2) is 71.6 Å². The smallest absolute Gasteiger partial charge is 0.266 e. The zero-order valence-electron chi connectivity index (χ0n) is 17.8. The summed E-state index contributed by atoms with van der Waals surface area (Å²) in [5.41, 5.74) is 2.14. The van der Waals surface area contributed by atoms with Crippen molar-refractivity contribution in [1.29, 1.82) is 0 Å². The first-order valence-corrected chi connectivity index (χ1v) is 12.4. The zero-order valence-corrected chi connectivity index (χ0v) is 19.5. The molecule has 2 fully saturated rings. The summed E-state index contributed by atoms with van der Waals surface area (Å²) in [5.74, 6) is 0.869. The molecule has 162 valence electrons. The molecule has 32 heavy (non-hydrogen) atoms. The topological polar surface area (TPSA) is 29.5 Å². The Morgan fingerprint density at radius 1 is 0.969 bits per heavy atom. The standard InChI is InChI=1S/C27H25NO2S2/c29-26-25(32-27(31)28(26)22-10-2-1-3-11-22)17-19-13-15-23(16-14-19)30-18-21-9-6-8-20-7-4-5-12-24(20)21/h4-9,12-17,22H,1-3,10-11,18H2/b25-17+. The summed E-state index contributed by atoms with van der Waals surface area (Å²) in [6, 6.07) is 22.8. The first-order chi connectivity index (χ1) is 15.7. The van der Waals surface area contributed by atoms with Gasteiger partial charge in [-0.3, -0.25) is 9.69 Å². The number of thiocarbonyl (C=S) groups is 1. The van der Waals surface area contributed by atoms with Crippen LogP contribution in [0, 0.1) is 0 Å². The van der Waals surface area contributed by atoms with Gasteiger partial charge in [0, 0.05) is 6.04 Å². The molecule has 1 aliphatic carbocycles. The third kappa shape index (κ3) is 4.45. The average molecular weight is 460 g/mol. The van der Waals surface area contributed by atoms with Crippen LogP contribution in [-0.4, -0.2) is 21.2 Å². The molecule has 1 saturated heterocycles. The fourth-order valence-electron chi connectivity index (χ4n) is 4.52. The Hall–Kier alpha value is -2.63. The number of amides is 1. The minimum Gasteiger partial charge on any atom is -0.489 e. The van der Waals surface area contributed by atoms with Crippen LogP contribution in [0.1, 0.15) is 43.2 Å². The summed E-state index contributed by atoms with van der Waals surface area (Å²) < 4.78 is 6.74. The van der Waals surface area contributed by atoms with Crippen LogP contribution in [0.4, 0.5) is 0 Å². The van der Waals surface area contributed by atoms with Crippen molar-refractivity contribution in [2.75, 3.05) is 0 Å². The second-order valence-electron chi connectivity index (χ2n) is 8.34. The summed E-state index contributed by atoms with van der Waals surface area (Å²) in [6.45, 7) is 0.515. The molecule has 0 aromatic heterocycles. The van der Waals surface area contributed by atoms with Gasteiger partial charge in [-0.1, -0.05) is 97.8 Å². The van der Waals surface area contributed by atoms with Crippen LogP contribution < -0.4 is 4.74 Å². The molecule has 1 aliphatic heterocycles. The van der Waals surface area contributed by atoms with E-state index in [1.165, 1.54) is 47.4 Å². The Morgan fingerprint density at radius 2 is 1.72 bits per heavy atom. The van der Waals surface area contributed by atoms with E-state index in [2.05, 4.69) is 42.5 Å². The number of nitrogens with zero attached hydrogens (tertiary/aromatic N) is 1. The quantitative estimate of drug-likeness (QED) is 0.305. The van der Waals surface area contributed by atoms with Crippen LogP contribution >= 0.6 is 24.0 Å². The first-order valence-electron chi connectivity index (χ1n) is 11.2. The summed E-state index contributed by atoms with van der Waals surface area (Å²) in [6.07, 6.45) is 7.68. The van der Waals surface area contributed by atoms with Crippen molar-refractivity contribution in [3.8, 4) is 5.75 Å². The number of thioether (sulfide) groups is 1. The van der Waals surface area contributed by atoms with E-state index >= 15 is 0 Å². The highest BCUT2D eigenvalue weighted by atomic mass is 32.2. The first kappa shape index (κ1) is 21.2. The SMILES string of the molecule is O=C1/C(=C\c2ccc(OCc3cccc4ccccc34)cc2)SC(=S)N1C1CCCCC1. The highest BCUT2D eigenvalue weighted by Gasteiger charge is 2.37. The Labute approximate surface area is 198 Å². The molecule has 5 rings (SSSR count). The molecule has 0 radical (unpaired) electrons. The van der Waals surface area contributed by atoms with Crippen molar-refractivity contribution in [3.05, 3.63) is 82.8 Å². The van der Waals surface area contributed by atoms with Crippen molar-refractivity contribution in [1.82, 2.24) is 4.90 Å². The molecular formula is C27H25NO2S2. The molecule has 0 unspecified atom stereocenters. The monoisotopic (exact) mass is 459 g/mol. The lowest BCUT2D eigenvalue weighted by Crippen LogP contribution is -2.39. The lowest BCUT2D eigenvalue weighted by atomic mass is 9.94. The molecule has 0 bridgehead atoms. The number of hydrogen-bond donors (Lipinski definition) is 0. The van der Waals surface area contributed by atoms with Crippen LogP contribution in [0.25, 0.3) is 16.8 Å². The number of carbonyl (C=O) groups is 1. The molecule has 2 aliphatic rings. The predicted molar refractivity (Wildman–Crippen MR) is 137 cm³/mol. The van der Waals surface area contributed by atoms with Gasteiger partial charge in [0.1, 0.15) is 16.7 Å². The van der Waals surface area contributed by atoms with E-state index in [0.717, 1.165) is 24.2 Å². The van der Waals surface area contributed by atoms with Gasteiger partial charge in [0.2, 0.25) is 0 Å². The molecule has 1 amide bonds. The predicted octanol–water partition coefficient (Wildman–Crippen LogP) is 6.95. The highest BCUT2D eigenvalue weighted by Crippen LogP contribution is 2.37. The molecule has 0 N–H and O–H groups in total. The lowest BCUT2D eigenvalue weighted by molar-refractivity contribution is -0.124. The molecule has 3 aromatic carbocycles. The molecule has 0 spiro atoms. The maximum absolute atomic E-state index is 13.0. The molecule has 1 heterocycles. The van der Waals surface area contributed by atoms with E-state index in [9.17, 15) is 4.79 Å². The maximum Gasteiger partial charge on any atom is 0.266 e. The van der Waals surface area contributed by atoms with Crippen LogP contribution in [0.3, 0.4) is 0 Å². The van der Waals surface area contributed by atoms with Crippen LogP contribution in [-0.2, 0) is 11.4 Å². The summed E-state index contributed by atoms with van der Waals surface area (Å²) in [4.78, 5) is 15.5.